The molecule has 21 heavy (non-hydrogen) atoms. The van der Waals surface area contributed by atoms with Gasteiger partial charge in [0.15, 0.2) is 0 Å². The van der Waals surface area contributed by atoms with Crippen molar-refractivity contribution in [1.82, 2.24) is 0 Å². The number of nitrogens with zero attached hydrogens (tertiary/aromatic N) is 2. The fourth-order valence-electron chi connectivity index (χ4n) is 1.84. The molecule has 1 N–H and O–H groups in total. The fraction of sp³-hybridized carbons (Fsp3) is 0.133. The molecule has 6 heteroatoms. The van der Waals surface area contributed by atoms with Gasteiger partial charge in [-0.15, -0.1) is 0 Å². The van der Waals surface area contributed by atoms with Gasteiger partial charge in [0.2, 0.25) is 0 Å². The lowest BCUT2D eigenvalue weighted by molar-refractivity contribution is -0.384. The van der Waals surface area contributed by atoms with Gasteiger partial charge in [-0.05, 0) is 23.8 Å². The quantitative estimate of drug-likeness (QED) is 0.673. The Labute approximate surface area is 121 Å². The molecule has 106 valence electrons. The van der Waals surface area contributed by atoms with E-state index in [1.54, 1.807) is 36.4 Å². The summed E-state index contributed by atoms with van der Waals surface area (Å²) in [6, 6.07) is 13.6. The van der Waals surface area contributed by atoms with E-state index >= 15 is 0 Å². The van der Waals surface area contributed by atoms with Crippen molar-refractivity contribution >= 4 is 11.4 Å². The zero-order valence-corrected chi connectivity index (χ0v) is 11.4. The maximum atomic E-state index is 11.0. The monoisotopic (exact) mass is 283 g/mol. The Kier molecular flexibility index (Phi) is 4.36. The maximum Gasteiger partial charge on any atom is 0.292 e. The van der Waals surface area contributed by atoms with E-state index in [0.717, 1.165) is 5.56 Å². The highest BCUT2D eigenvalue weighted by molar-refractivity contribution is 5.64. The van der Waals surface area contributed by atoms with Gasteiger partial charge < -0.3 is 10.1 Å². The Hall–Kier alpha value is -3.07. The average molecular weight is 283 g/mol. The number of anilines is 1. The lowest BCUT2D eigenvalue weighted by Crippen LogP contribution is -2.03. The number of hydrogen-bond acceptors (Lipinski definition) is 5. The number of hydrogen-bond donors (Lipinski definition) is 1. The Morgan fingerprint density at radius 1 is 1.29 bits per heavy atom. The second kappa shape index (κ2) is 6.39. The molecular formula is C15H13N3O3. The molecule has 0 unspecified atom stereocenters. The molecule has 0 aliphatic rings. The third-order valence-corrected chi connectivity index (χ3v) is 2.97. The molecule has 0 saturated heterocycles. The van der Waals surface area contributed by atoms with Gasteiger partial charge in [-0.3, -0.25) is 10.1 Å². The minimum Gasteiger partial charge on any atom is -0.497 e. The van der Waals surface area contributed by atoms with E-state index in [1.165, 1.54) is 13.2 Å². The summed E-state index contributed by atoms with van der Waals surface area (Å²) in [7, 11) is 1.51. The fourth-order valence-corrected chi connectivity index (χ4v) is 1.84. The molecule has 0 atom stereocenters. The van der Waals surface area contributed by atoms with Crippen molar-refractivity contribution in [2.45, 2.75) is 6.54 Å². The van der Waals surface area contributed by atoms with E-state index in [9.17, 15) is 10.1 Å². The third-order valence-electron chi connectivity index (χ3n) is 2.97. The molecule has 0 aliphatic carbocycles. The molecule has 0 heterocycles. The molecule has 0 bridgehead atoms. The lowest BCUT2D eigenvalue weighted by atomic mass is 10.1. The Bertz CT molecular complexity index is 690. The Morgan fingerprint density at radius 3 is 2.57 bits per heavy atom. The highest BCUT2D eigenvalue weighted by atomic mass is 16.6. The lowest BCUT2D eigenvalue weighted by Gasteiger charge is -2.09. The predicted molar refractivity (Wildman–Crippen MR) is 78.1 cm³/mol. The van der Waals surface area contributed by atoms with E-state index in [4.69, 9.17) is 10.00 Å². The number of nitro groups is 1. The van der Waals surface area contributed by atoms with Crippen LogP contribution in [0.15, 0.2) is 42.5 Å². The number of nitrogens with one attached hydrogen (secondary N) is 1. The minimum atomic E-state index is -0.444. The number of ether oxygens (including phenoxy) is 1. The Balaban J connectivity index is 2.17. The van der Waals surface area contributed by atoms with Crippen LogP contribution in [0.4, 0.5) is 11.4 Å². The zero-order chi connectivity index (χ0) is 15.2. The molecule has 2 rings (SSSR count). The van der Waals surface area contributed by atoms with Crippen LogP contribution in [0.1, 0.15) is 11.1 Å². The minimum absolute atomic E-state index is 0.00977. The van der Waals surface area contributed by atoms with Crippen molar-refractivity contribution in [3.8, 4) is 11.8 Å². The number of benzene rings is 2. The summed E-state index contributed by atoms with van der Waals surface area (Å²) < 4.78 is 5.07. The number of nitro benzene ring substituents is 1. The first-order valence-corrected chi connectivity index (χ1v) is 6.19. The summed E-state index contributed by atoms with van der Waals surface area (Å²) in [5.74, 6) is 0.544. The summed E-state index contributed by atoms with van der Waals surface area (Å²) in [5, 5.41) is 22.8. The van der Waals surface area contributed by atoms with Gasteiger partial charge in [-0.1, -0.05) is 12.1 Å². The molecule has 0 aliphatic heterocycles. The maximum absolute atomic E-state index is 11.0. The normalized spacial score (nSPS) is 9.71. The van der Waals surface area contributed by atoms with Crippen LogP contribution in [0.25, 0.3) is 0 Å². The third kappa shape index (κ3) is 3.48. The molecule has 6 nitrogen and oxygen atoms in total. The number of rotatable bonds is 5. The summed E-state index contributed by atoms with van der Waals surface area (Å²) in [4.78, 5) is 10.6. The van der Waals surface area contributed by atoms with Crippen molar-refractivity contribution in [3.05, 3.63) is 63.7 Å². The number of nitriles is 1. The molecule has 0 aromatic heterocycles. The SMILES string of the molecule is COc1ccc([N+](=O)[O-])c(NCc2ccc(C#N)cc2)c1. The van der Waals surface area contributed by atoms with E-state index in [2.05, 4.69) is 5.32 Å². The van der Waals surface area contributed by atoms with Crippen LogP contribution < -0.4 is 10.1 Å². The molecule has 0 spiro atoms. The first-order valence-electron chi connectivity index (χ1n) is 6.19. The van der Waals surface area contributed by atoms with Gasteiger partial charge in [-0.25, -0.2) is 0 Å². The van der Waals surface area contributed by atoms with Gasteiger partial charge in [0.1, 0.15) is 11.4 Å². The van der Waals surface area contributed by atoms with Gasteiger partial charge in [0.25, 0.3) is 5.69 Å². The van der Waals surface area contributed by atoms with Gasteiger partial charge in [0, 0.05) is 18.7 Å². The standard InChI is InChI=1S/C15H13N3O3/c1-21-13-6-7-15(18(19)20)14(8-13)17-10-12-4-2-11(9-16)3-5-12/h2-8,17H,10H2,1H3. The summed E-state index contributed by atoms with van der Waals surface area (Å²) >= 11 is 0. The van der Waals surface area contributed by atoms with E-state index < -0.39 is 4.92 Å². The molecule has 0 radical (unpaired) electrons. The topological polar surface area (TPSA) is 88.2 Å². The molecule has 0 fully saturated rings. The summed E-state index contributed by atoms with van der Waals surface area (Å²) in [6.45, 7) is 0.416. The Morgan fingerprint density at radius 2 is 2.00 bits per heavy atom. The van der Waals surface area contributed by atoms with Crippen molar-refractivity contribution in [1.29, 1.82) is 5.26 Å². The predicted octanol–water partition coefficient (Wildman–Crippen LogP) is 3.09. The van der Waals surface area contributed by atoms with Crippen LogP contribution >= 0.6 is 0 Å². The van der Waals surface area contributed by atoms with Gasteiger partial charge >= 0.3 is 0 Å². The molecule has 2 aromatic carbocycles. The van der Waals surface area contributed by atoms with Crippen molar-refractivity contribution in [3.63, 3.8) is 0 Å². The number of methoxy groups -OCH3 is 1. The van der Waals surface area contributed by atoms with E-state index in [0.29, 0.717) is 23.5 Å². The van der Waals surface area contributed by atoms with Crippen LogP contribution in [0.2, 0.25) is 0 Å². The zero-order valence-electron chi connectivity index (χ0n) is 11.4. The summed E-state index contributed by atoms with van der Waals surface area (Å²) in [6.07, 6.45) is 0. The van der Waals surface area contributed by atoms with Crippen LogP contribution in [-0.2, 0) is 6.54 Å². The second-order valence-corrected chi connectivity index (χ2v) is 4.30. The molecule has 0 amide bonds. The highest BCUT2D eigenvalue weighted by Gasteiger charge is 2.14. The van der Waals surface area contributed by atoms with Crippen LogP contribution in [0, 0.1) is 21.4 Å². The molecule has 0 saturated carbocycles. The van der Waals surface area contributed by atoms with Crippen LogP contribution in [0.5, 0.6) is 5.75 Å². The van der Waals surface area contributed by atoms with Crippen molar-refractivity contribution in [2.24, 2.45) is 0 Å². The van der Waals surface area contributed by atoms with Crippen LogP contribution in [-0.4, -0.2) is 12.0 Å². The summed E-state index contributed by atoms with van der Waals surface area (Å²) in [5.41, 5.74) is 1.88. The first-order chi connectivity index (χ1) is 10.1. The van der Waals surface area contributed by atoms with E-state index in [1.807, 2.05) is 6.07 Å². The second-order valence-electron chi connectivity index (χ2n) is 4.30. The smallest absolute Gasteiger partial charge is 0.292 e. The largest absolute Gasteiger partial charge is 0.497 e. The van der Waals surface area contributed by atoms with Gasteiger partial charge in [0.05, 0.1) is 23.7 Å². The first kappa shape index (κ1) is 14.3. The van der Waals surface area contributed by atoms with Crippen LogP contribution in [0.3, 0.4) is 0 Å². The van der Waals surface area contributed by atoms with Crippen molar-refractivity contribution in [2.75, 3.05) is 12.4 Å². The molecule has 2 aromatic rings. The van der Waals surface area contributed by atoms with Gasteiger partial charge in [-0.2, -0.15) is 5.26 Å². The van der Waals surface area contributed by atoms with E-state index in [-0.39, 0.29) is 5.69 Å². The van der Waals surface area contributed by atoms with Crippen molar-refractivity contribution < 1.29 is 9.66 Å². The average Bonchev–Trinajstić information content (AvgIpc) is 2.52. The highest BCUT2D eigenvalue weighted by Crippen LogP contribution is 2.29. The molecular weight excluding hydrogens is 270 g/mol.